The van der Waals surface area contributed by atoms with E-state index >= 15 is 0 Å². The highest BCUT2D eigenvalue weighted by atomic mass is 16.6. The van der Waals surface area contributed by atoms with Gasteiger partial charge in [0.15, 0.2) is 11.6 Å². The first-order chi connectivity index (χ1) is 18.4. The van der Waals surface area contributed by atoms with Gasteiger partial charge >= 0.3 is 5.97 Å². The second-order valence-corrected chi connectivity index (χ2v) is 15.3. The van der Waals surface area contributed by atoms with Crippen molar-refractivity contribution in [3.05, 3.63) is 23.8 Å². The maximum absolute atomic E-state index is 14.4. The maximum atomic E-state index is 14.4. The van der Waals surface area contributed by atoms with Crippen LogP contribution in [0.3, 0.4) is 0 Å². The van der Waals surface area contributed by atoms with Crippen molar-refractivity contribution >= 4 is 23.3 Å². The normalized spacial score (nSPS) is 43.5. The minimum Gasteiger partial charge on any atom is -0.456 e. The van der Waals surface area contributed by atoms with Crippen molar-refractivity contribution in [2.24, 2.45) is 38.9 Å². The predicted octanol–water partition coefficient (Wildman–Crippen LogP) is 3.89. The fourth-order valence-corrected chi connectivity index (χ4v) is 9.59. The Morgan fingerprint density at radius 3 is 2.20 bits per heavy atom. The summed E-state index contributed by atoms with van der Waals surface area (Å²) in [5.41, 5.74) is -6.94. The fraction of sp³-hybridized carbons (Fsp3) is 0.758. The molecule has 3 saturated carbocycles. The number of carbonyl (C=O) groups is 4. The van der Waals surface area contributed by atoms with Crippen LogP contribution in [0.5, 0.6) is 0 Å². The topological polar surface area (TPSA) is 138 Å². The Kier molecular flexibility index (Phi) is 7.10. The van der Waals surface area contributed by atoms with Crippen LogP contribution in [-0.4, -0.2) is 62.0 Å². The molecule has 0 aromatic carbocycles. The number of hydrogen-bond donors (Lipinski definition) is 3. The van der Waals surface area contributed by atoms with Crippen LogP contribution in [-0.2, 0) is 23.9 Å². The predicted molar refractivity (Wildman–Crippen MR) is 152 cm³/mol. The lowest BCUT2D eigenvalue weighted by molar-refractivity contribution is -0.208. The molecule has 0 radical (unpaired) electrons. The van der Waals surface area contributed by atoms with E-state index in [2.05, 4.69) is 13.0 Å². The summed E-state index contributed by atoms with van der Waals surface area (Å²) < 4.78 is 5.25. The van der Waals surface area contributed by atoms with Crippen molar-refractivity contribution in [3.63, 3.8) is 0 Å². The molecule has 0 aromatic rings. The Labute approximate surface area is 243 Å². The van der Waals surface area contributed by atoms with Gasteiger partial charge < -0.3 is 20.1 Å². The molecule has 9 atom stereocenters. The number of ketones is 3. The number of allylic oxidation sites excluding steroid dienone is 1. The van der Waals surface area contributed by atoms with Crippen molar-refractivity contribution < 1.29 is 39.2 Å². The van der Waals surface area contributed by atoms with E-state index < -0.39 is 62.2 Å². The van der Waals surface area contributed by atoms with E-state index in [1.54, 1.807) is 20.8 Å². The number of aliphatic hydroxyl groups is 3. The summed E-state index contributed by atoms with van der Waals surface area (Å²) >= 11 is 0. The molecule has 228 valence electrons. The maximum Gasteiger partial charge on any atom is 0.303 e. The van der Waals surface area contributed by atoms with Gasteiger partial charge in [-0.25, -0.2) is 0 Å². The van der Waals surface area contributed by atoms with Gasteiger partial charge in [0.25, 0.3) is 0 Å². The molecular weight excluding hydrogens is 524 g/mol. The molecular formula is C33H48O8. The minimum absolute atomic E-state index is 0.0249. The van der Waals surface area contributed by atoms with Crippen LogP contribution in [0.15, 0.2) is 23.8 Å². The van der Waals surface area contributed by atoms with Gasteiger partial charge in [-0.05, 0) is 68.4 Å². The van der Waals surface area contributed by atoms with Gasteiger partial charge in [-0.2, -0.15) is 0 Å². The number of fused-ring (bicyclic) bond motifs is 5. The summed E-state index contributed by atoms with van der Waals surface area (Å²) in [6.07, 6.45) is 3.39. The molecule has 0 aromatic heterocycles. The fourth-order valence-electron chi connectivity index (χ4n) is 9.59. The van der Waals surface area contributed by atoms with Gasteiger partial charge in [0.1, 0.15) is 23.1 Å². The van der Waals surface area contributed by atoms with E-state index in [-0.39, 0.29) is 42.7 Å². The van der Waals surface area contributed by atoms with Crippen LogP contribution < -0.4 is 0 Å². The lowest BCUT2D eigenvalue weighted by Gasteiger charge is -2.66. The second kappa shape index (κ2) is 9.17. The van der Waals surface area contributed by atoms with Crippen molar-refractivity contribution in [3.8, 4) is 0 Å². The number of aliphatic hydroxyl groups excluding tert-OH is 2. The van der Waals surface area contributed by atoms with E-state index in [0.29, 0.717) is 6.42 Å². The summed E-state index contributed by atoms with van der Waals surface area (Å²) in [6.45, 7) is 17.2. The highest BCUT2D eigenvalue weighted by molar-refractivity contribution is 5.98. The Morgan fingerprint density at radius 1 is 1.05 bits per heavy atom. The van der Waals surface area contributed by atoms with Gasteiger partial charge in [0.2, 0.25) is 0 Å². The highest BCUT2D eigenvalue weighted by Gasteiger charge is 2.79. The Bertz CT molecular complexity index is 1260. The lowest BCUT2D eigenvalue weighted by Crippen LogP contribution is -2.68. The van der Waals surface area contributed by atoms with Crippen LogP contribution in [0.1, 0.15) is 94.9 Å². The van der Waals surface area contributed by atoms with Crippen LogP contribution in [0, 0.1) is 38.9 Å². The van der Waals surface area contributed by atoms with E-state index in [0.717, 1.165) is 5.57 Å². The molecule has 4 rings (SSSR count). The van der Waals surface area contributed by atoms with Crippen LogP contribution in [0.4, 0.5) is 0 Å². The number of esters is 1. The molecule has 0 bridgehead atoms. The molecule has 3 fully saturated rings. The molecule has 0 spiro atoms. The van der Waals surface area contributed by atoms with Crippen molar-refractivity contribution in [2.75, 3.05) is 0 Å². The molecule has 0 aliphatic heterocycles. The Balaban J connectivity index is 1.80. The second-order valence-electron chi connectivity index (χ2n) is 15.3. The summed E-state index contributed by atoms with van der Waals surface area (Å²) in [7, 11) is 0. The molecule has 8 nitrogen and oxygen atoms in total. The quantitative estimate of drug-likeness (QED) is 0.256. The molecule has 0 saturated heterocycles. The summed E-state index contributed by atoms with van der Waals surface area (Å²) in [6, 6.07) is 0. The Hall–Kier alpha value is -2.16. The molecule has 4 aliphatic carbocycles. The third-order valence-electron chi connectivity index (χ3n) is 12.6. The third kappa shape index (κ3) is 3.96. The average molecular weight is 573 g/mol. The van der Waals surface area contributed by atoms with E-state index in [1.807, 2.05) is 27.7 Å². The molecule has 41 heavy (non-hydrogen) atoms. The first-order valence-corrected chi connectivity index (χ1v) is 14.7. The van der Waals surface area contributed by atoms with Crippen molar-refractivity contribution in [2.45, 2.75) is 118 Å². The SMILES string of the molecule is CC(=O)OC(C)(C)/C=C/C(=O)[C@](C)(O)[C@@]1(C)[C@H](O)C[C@@]2(C)[C@@H]3CC=C4[C@@H](CC(=O)[C@H](O)C4(C)C)[C@]3(C)C(=O)C[C@]12C. The zero-order valence-corrected chi connectivity index (χ0v) is 26.3. The van der Waals surface area contributed by atoms with Gasteiger partial charge in [-0.3, -0.25) is 19.2 Å². The number of Topliss-reactive ketones (excluding diaryl/α,β-unsaturated/α-hetero) is 2. The smallest absolute Gasteiger partial charge is 0.303 e. The van der Waals surface area contributed by atoms with Crippen molar-refractivity contribution in [1.29, 1.82) is 0 Å². The highest BCUT2D eigenvalue weighted by Crippen LogP contribution is 2.77. The van der Waals surface area contributed by atoms with Crippen LogP contribution in [0.25, 0.3) is 0 Å². The first-order valence-electron chi connectivity index (χ1n) is 14.7. The van der Waals surface area contributed by atoms with Crippen molar-refractivity contribution in [1.82, 2.24) is 0 Å². The number of hydrogen-bond acceptors (Lipinski definition) is 8. The van der Waals surface area contributed by atoms with Gasteiger partial charge in [-0.15, -0.1) is 0 Å². The molecule has 8 heteroatoms. The standard InChI is InChI=1S/C33H48O8/c1-18(34)41-27(2,3)14-13-23(36)33(10,40)32(9)25(38)16-29(6)22-12-11-19-20(15-21(35)26(39)28(19,4)5)31(22,8)24(37)17-30(29,32)7/h11,13-14,20,22,25-26,38-40H,12,15-17H2,1-10H3/b14-13+/t20-,22+,25-,26+,29+,30+,31+,32+,33+/m1/s1. The number of ether oxygens (including phenoxy) is 1. The van der Waals surface area contributed by atoms with Crippen LogP contribution >= 0.6 is 0 Å². The molecule has 0 unspecified atom stereocenters. The van der Waals surface area contributed by atoms with E-state index in [9.17, 15) is 34.5 Å². The lowest BCUT2D eigenvalue weighted by atomic mass is 9.36. The van der Waals surface area contributed by atoms with Gasteiger partial charge in [0, 0.05) is 36.0 Å². The average Bonchev–Trinajstić information content (AvgIpc) is 2.99. The zero-order chi connectivity index (χ0) is 31.4. The minimum atomic E-state index is -2.06. The largest absolute Gasteiger partial charge is 0.456 e. The zero-order valence-electron chi connectivity index (χ0n) is 26.3. The summed E-state index contributed by atoms with van der Waals surface area (Å²) in [4.78, 5) is 52.6. The Morgan fingerprint density at radius 2 is 1.63 bits per heavy atom. The molecule has 0 heterocycles. The van der Waals surface area contributed by atoms with Gasteiger partial charge in [-0.1, -0.05) is 53.2 Å². The monoisotopic (exact) mass is 572 g/mol. The van der Waals surface area contributed by atoms with E-state index in [1.165, 1.54) is 26.0 Å². The molecule has 3 N–H and O–H groups in total. The van der Waals surface area contributed by atoms with Gasteiger partial charge in [0.05, 0.1) is 6.10 Å². The number of rotatable bonds is 5. The first kappa shape index (κ1) is 31.8. The third-order valence-corrected chi connectivity index (χ3v) is 12.6. The summed E-state index contributed by atoms with van der Waals surface area (Å²) in [5.74, 6) is -2.09. The molecule has 0 amide bonds. The summed E-state index contributed by atoms with van der Waals surface area (Å²) in [5, 5.41) is 34.5. The molecule has 4 aliphatic rings. The van der Waals surface area contributed by atoms with E-state index in [4.69, 9.17) is 4.74 Å². The number of carbonyl (C=O) groups excluding carboxylic acids is 4. The van der Waals surface area contributed by atoms with Crippen LogP contribution in [0.2, 0.25) is 0 Å².